The summed E-state index contributed by atoms with van der Waals surface area (Å²) in [5, 5.41) is 0. The van der Waals surface area contributed by atoms with Crippen molar-refractivity contribution >= 4 is 21.9 Å². The standard InChI is InChI=1S/C10H9BrN2O/c1-6-9(14-10(12)13-6)7-2-4-8(11)5-3-7/h2-5H,1H3,(H2,12,13). The van der Waals surface area contributed by atoms with E-state index >= 15 is 0 Å². The Morgan fingerprint density at radius 3 is 2.43 bits per heavy atom. The van der Waals surface area contributed by atoms with Gasteiger partial charge in [-0.3, -0.25) is 0 Å². The number of hydrogen-bond donors (Lipinski definition) is 1. The zero-order chi connectivity index (χ0) is 10.1. The van der Waals surface area contributed by atoms with E-state index in [0.29, 0.717) is 0 Å². The topological polar surface area (TPSA) is 52.0 Å². The molecule has 0 aliphatic heterocycles. The number of rotatable bonds is 1. The summed E-state index contributed by atoms with van der Waals surface area (Å²) in [5.41, 5.74) is 7.25. The first-order valence-electron chi connectivity index (χ1n) is 4.15. The molecule has 2 rings (SSSR count). The number of nitrogen functional groups attached to an aromatic ring is 1. The van der Waals surface area contributed by atoms with Crippen molar-refractivity contribution in [2.45, 2.75) is 6.92 Å². The Morgan fingerprint density at radius 2 is 1.93 bits per heavy atom. The van der Waals surface area contributed by atoms with Crippen LogP contribution in [-0.2, 0) is 0 Å². The highest BCUT2D eigenvalue weighted by molar-refractivity contribution is 9.10. The Labute approximate surface area is 90.1 Å². The molecular formula is C10H9BrN2O. The maximum Gasteiger partial charge on any atom is 0.292 e. The van der Waals surface area contributed by atoms with Crippen molar-refractivity contribution in [1.29, 1.82) is 0 Å². The molecule has 0 fully saturated rings. The van der Waals surface area contributed by atoms with Gasteiger partial charge in [-0.25, -0.2) is 0 Å². The van der Waals surface area contributed by atoms with Gasteiger partial charge < -0.3 is 10.2 Å². The van der Waals surface area contributed by atoms with Crippen molar-refractivity contribution < 1.29 is 4.42 Å². The van der Waals surface area contributed by atoms with E-state index in [1.54, 1.807) is 0 Å². The number of oxazole rings is 1. The number of aryl methyl sites for hydroxylation is 1. The van der Waals surface area contributed by atoms with Crippen molar-refractivity contribution in [2.24, 2.45) is 0 Å². The average Bonchev–Trinajstić information content (AvgIpc) is 2.47. The highest BCUT2D eigenvalue weighted by Crippen LogP contribution is 2.26. The minimum atomic E-state index is 0.209. The van der Waals surface area contributed by atoms with E-state index in [0.717, 1.165) is 21.5 Å². The van der Waals surface area contributed by atoms with Gasteiger partial charge in [0.1, 0.15) is 0 Å². The van der Waals surface area contributed by atoms with Crippen LogP contribution in [0.25, 0.3) is 11.3 Å². The van der Waals surface area contributed by atoms with Gasteiger partial charge in [0.15, 0.2) is 5.76 Å². The van der Waals surface area contributed by atoms with E-state index in [-0.39, 0.29) is 6.01 Å². The summed E-state index contributed by atoms with van der Waals surface area (Å²) in [5.74, 6) is 0.731. The van der Waals surface area contributed by atoms with Crippen molar-refractivity contribution in [2.75, 3.05) is 5.73 Å². The molecule has 0 saturated heterocycles. The predicted molar refractivity (Wildman–Crippen MR) is 58.8 cm³/mol. The van der Waals surface area contributed by atoms with Gasteiger partial charge >= 0.3 is 0 Å². The summed E-state index contributed by atoms with van der Waals surface area (Å²) in [6.45, 7) is 1.87. The number of benzene rings is 1. The van der Waals surface area contributed by atoms with Gasteiger partial charge in [-0.1, -0.05) is 28.1 Å². The fourth-order valence-corrected chi connectivity index (χ4v) is 1.55. The molecule has 0 saturated carbocycles. The normalized spacial score (nSPS) is 10.4. The molecule has 0 unspecified atom stereocenters. The molecule has 0 spiro atoms. The van der Waals surface area contributed by atoms with Gasteiger partial charge in [-0.2, -0.15) is 4.98 Å². The molecule has 2 N–H and O–H groups in total. The lowest BCUT2D eigenvalue weighted by molar-refractivity contribution is 0.594. The first-order chi connectivity index (χ1) is 6.66. The molecular weight excluding hydrogens is 244 g/mol. The highest BCUT2D eigenvalue weighted by Gasteiger charge is 2.08. The summed E-state index contributed by atoms with van der Waals surface area (Å²) in [7, 11) is 0. The van der Waals surface area contributed by atoms with Crippen LogP contribution in [-0.4, -0.2) is 4.98 Å². The average molecular weight is 253 g/mol. The van der Waals surface area contributed by atoms with Crippen LogP contribution in [0.15, 0.2) is 33.2 Å². The SMILES string of the molecule is Cc1nc(N)oc1-c1ccc(Br)cc1. The van der Waals surface area contributed by atoms with Crippen LogP contribution in [0.3, 0.4) is 0 Å². The van der Waals surface area contributed by atoms with E-state index in [1.165, 1.54) is 0 Å². The number of nitrogens with two attached hydrogens (primary N) is 1. The zero-order valence-corrected chi connectivity index (χ0v) is 9.21. The summed E-state index contributed by atoms with van der Waals surface area (Å²) < 4.78 is 6.33. The molecule has 1 aromatic heterocycles. The van der Waals surface area contributed by atoms with Gasteiger partial charge in [-0.05, 0) is 19.1 Å². The third-order valence-corrected chi connectivity index (χ3v) is 2.45. The van der Waals surface area contributed by atoms with Crippen molar-refractivity contribution in [3.8, 4) is 11.3 Å². The number of anilines is 1. The number of halogens is 1. The van der Waals surface area contributed by atoms with E-state index < -0.39 is 0 Å². The van der Waals surface area contributed by atoms with Gasteiger partial charge in [0, 0.05) is 10.0 Å². The number of nitrogens with zero attached hydrogens (tertiary/aromatic N) is 1. The molecule has 0 aliphatic carbocycles. The van der Waals surface area contributed by atoms with Gasteiger partial charge in [-0.15, -0.1) is 0 Å². The molecule has 1 heterocycles. The number of aromatic nitrogens is 1. The van der Waals surface area contributed by atoms with Crippen LogP contribution in [0.4, 0.5) is 6.01 Å². The Morgan fingerprint density at radius 1 is 1.29 bits per heavy atom. The monoisotopic (exact) mass is 252 g/mol. The fourth-order valence-electron chi connectivity index (χ4n) is 1.29. The summed E-state index contributed by atoms with van der Waals surface area (Å²) in [6.07, 6.45) is 0. The molecule has 2 aromatic rings. The summed E-state index contributed by atoms with van der Waals surface area (Å²) in [4.78, 5) is 4.01. The molecule has 0 aliphatic rings. The molecule has 3 nitrogen and oxygen atoms in total. The molecule has 0 bridgehead atoms. The van der Waals surface area contributed by atoms with Gasteiger partial charge in [0.2, 0.25) is 0 Å². The van der Waals surface area contributed by atoms with E-state index in [4.69, 9.17) is 10.2 Å². The zero-order valence-electron chi connectivity index (χ0n) is 7.62. The third kappa shape index (κ3) is 1.65. The van der Waals surface area contributed by atoms with E-state index in [1.807, 2.05) is 31.2 Å². The second kappa shape index (κ2) is 3.46. The molecule has 72 valence electrons. The minimum Gasteiger partial charge on any atom is -0.423 e. The maximum atomic E-state index is 5.46. The Bertz CT molecular complexity index is 448. The number of hydrogen-bond acceptors (Lipinski definition) is 3. The van der Waals surface area contributed by atoms with Crippen LogP contribution >= 0.6 is 15.9 Å². The molecule has 4 heteroatoms. The summed E-state index contributed by atoms with van der Waals surface area (Å²) in [6, 6.07) is 8.02. The smallest absolute Gasteiger partial charge is 0.292 e. The third-order valence-electron chi connectivity index (χ3n) is 1.92. The molecule has 1 aromatic carbocycles. The maximum absolute atomic E-state index is 5.46. The van der Waals surface area contributed by atoms with Crippen LogP contribution in [0.1, 0.15) is 5.69 Å². The van der Waals surface area contributed by atoms with Crippen LogP contribution in [0.2, 0.25) is 0 Å². The lowest BCUT2D eigenvalue weighted by Crippen LogP contribution is -1.81. The largest absolute Gasteiger partial charge is 0.423 e. The first kappa shape index (κ1) is 9.27. The Hall–Kier alpha value is -1.29. The van der Waals surface area contributed by atoms with Gasteiger partial charge in [0.05, 0.1) is 5.69 Å². The van der Waals surface area contributed by atoms with Crippen molar-refractivity contribution in [3.05, 3.63) is 34.4 Å². The Kier molecular flexibility index (Phi) is 2.29. The van der Waals surface area contributed by atoms with E-state index in [9.17, 15) is 0 Å². The van der Waals surface area contributed by atoms with Crippen LogP contribution < -0.4 is 5.73 Å². The van der Waals surface area contributed by atoms with Gasteiger partial charge in [0.25, 0.3) is 6.01 Å². The lowest BCUT2D eigenvalue weighted by atomic mass is 10.1. The second-order valence-corrected chi connectivity index (χ2v) is 3.89. The van der Waals surface area contributed by atoms with Crippen molar-refractivity contribution in [1.82, 2.24) is 4.98 Å². The van der Waals surface area contributed by atoms with Crippen LogP contribution in [0, 0.1) is 6.92 Å². The molecule has 0 atom stereocenters. The lowest BCUT2D eigenvalue weighted by Gasteiger charge is -1.97. The summed E-state index contributed by atoms with van der Waals surface area (Å²) >= 11 is 3.37. The minimum absolute atomic E-state index is 0.209. The Balaban J connectivity index is 2.49. The quantitative estimate of drug-likeness (QED) is 0.849. The van der Waals surface area contributed by atoms with Crippen molar-refractivity contribution in [3.63, 3.8) is 0 Å². The second-order valence-electron chi connectivity index (χ2n) is 2.97. The molecule has 0 radical (unpaired) electrons. The molecule has 0 amide bonds. The highest BCUT2D eigenvalue weighted by atomic mass is 79.9. The van der Waals surface area contributed by atoms with E-state index in [2.05, 4.69) is 20.9 Å². The fraction of sp³-hybridized carbons (Fsp3) is 0.100. The first-order valence-corrected chi connectivity index (χ1v) is 4.95. The predicted octanol–water partition coefficient (Wildman–Crippen LogP) is 2.99. The molecule has 14 heavy (non-hydrogen) atoms. The van der Waals surface area contributed by atoms with Crippen LogP contribution in [0.5, 0.6) is 0 Å².